The highest BCUT2D eigenvalue weighted by Crippen LogP contribution is 2.47. The van der Waals surface area contributed by atoms with Gasteiger partial charge in [0.05, 0.1) is 0 Å². The van der Waals surface area contributed by atoms with Crippen LogP contribution in [0.5, 0.6) is 11.5 Å². The van der Waals surface area contributed by atoms with E-state index in [2.05, 4.69) is 51.0 Å². The number of nitrogens with one attached hydrogen (secondary N) is 2. The lowest BCUT2D eigenvalue weighted by Gasteiger charge is -2.32. The highest BCUT2D eigenvalue weighted by molar-refractivity contribution is 5.74. The third-order valence-corrected chi connectivity index (χ3v) is 6.95. The van der Waals surface area contributed by atoms with Crippen LogP contribution < -0.4 is 20.1 Å². The second-order valence-electron chi connectivity index (χ2n) is 10.3. The van der Waals surface area contributed by atoms with Crippen LogP contribution in [0.2, 0.25) is 0 Å². The van der Waals surface area contributed by atoms with E-state index in [1.807, 2.05) is 19.1 Å². The SMILES string of the molecule is C=C(C)[C@@H]1CCC(C)=C[C@H]1c1c(OC(=O)NCCCC)cc(CCCCC)cc1OC(=O)NCCCC. The molecule has 0 aromatic heterocycles. The number of carbonyl (C=O) groups excluding carboxylic acids is 2. The Balaban J connectivity index is 2.57. The van der Waals surface area contributed by atoms with Crippen molar-refractivity contribution in [1.29, 1.82) is 0 Å². The lowest BCUT2D eigenvalue weighted by molar-refractivity contribution is 0.197. The Labute approximate surface area is 224 Å². The van der Waals surface area contributed by atoms with Gasteiger partial charge in [0, 0.05) is 24.6 Å². The molecule has 0 bridgehead atoms. The Morgan fingerprint density at radius 1 is 0.919 bits per heavy atom. The van der Waals surface area contributed by atoms with Crippen molar-refractivity contribution in [3.63, 3.8) is 0 Å². The highest BCUT2D eigenvalue weighted by atomic mass is 16.6. The predicted molar refractivity (Wildman–Crippen MR) is 152 cm³/mol. The molecular weight excluding hydrogens is 464 g/mol. The zero-order valence-corrected chi connectivity index (χ0v) is 23.7. The summed E-state index contributed by atoms with van der Waals surface area (Å²) in [6.07, 6.45) is 11.0. The molecule has 1 aromatic carbocycles. The minimum atomic E-state index is -0.484. The summed E-state index contributed by atoms with van der Waals surface area (Å²) in [5, 5.41) is 5.71. The zero-order chi connectivity index (χ0) is 27.2. The molecule has 0 aliphatic heterocycles. The van der Waals surface area contributed by atoms with E-state index in [9.17, 15) is 9.59 Å². The number of amides is 2. The molecule has 6 nitrogen and oxygen atoms in total. The van der Waals surface area contributed by atoms with Crippen molar-refractivity contribution in [2.24, 2.45) is 5.92 Å². The summed E-state index contributed by atoms with van der Waals surface area (Å²) in [5.41, 5.74) is 4.07. The number of carbonyl (C=O) groups is 2. The molecule has 0 spiro atoms. The summed E-state index contributed by atoms with van der Waals surface area (Å²) < 4.78 is 11.9. The minimum Gasteiger partial charge on any atom is -0.410 e. The average molecular weight is 513 g/mol. The van der Waals surface area contributed by atoms with Gasteiger partial charge < -0.3 is 20.1 Å². The topological polar surface area (TPSA) is 76.7 Å². The fourth-order valence-electron chi connectivity index (χ4n) is 4.79. The van der Waals surface area contributed by atoms with Crippen molar-refractivity contribution in [2.45, 2.75) is 105 Å². The fourth-order valence-corrected chi connectivity index (χ4v) is 4.79. The van der Waals surface area contributed by atoms with Crippen LogP contribution in [-0.4, -0.2) is 25.3 Å². The lowest BCUT2D eigenvalue weighted by atomic mass is 9.73. The summed E-state index contributed by atoms with van der Waals surface area (Å²) in [6, 6.07) is 3.92. The Morgan fingerprint density at radius 3 is 1.95 bits per heavy atom. The first-order valence-corrected chi connectivity index (χ1v) is 14.2. The summed E-state index contributed by atoms with van der Waals surface area (Å²) in [7, 11) is 0. The van der Waals surface area contributed by atoms with E-state index in [-0.39, 0.29) is 11.8 Å². The van der Waals surface area contributed by atoms with Gasteiger partial charge in [0.25, 0.3) is 0 Å². The average Bonchev–Trinajstić information content (AvgIpc) is 2.84. The van der Waals surface area contributed by atoms with Crippen molar-refractivity contribution < 1.29 is 19.1 Å². The third-order valence-electron chi connectivity index (χ3n) is 6.95. The van der Waals surface area contributed by atoms with Crippen molar-refractivity contribution in [1.82, 2.24) is 10.6 Å². The van der Waals surface area contributed by atoms with Crippen LogP contribution in [-0.2, 0) is 6.42 Å². The Bertz CT molecular complexity index is 892. The van der Waals surface area contributed by atoms with Crippen LogP contribution in [0.1, 0.15) is 109 Å². The summed E-state index contributed by atoms with van der Waals surface area (Å²) in [4.78, 5) is 25.6. The molecule has 1 aliphatic carbocycles. The van der Waals surface area contributed by atoms with Crippen LogP contribution >= 0.6 is 0 Å². The molecule has 0 fully saturated rings. The number of aryl methyl sites for hydroxylation is 1. The van der Waals surface area contributed by atoms with E-state index >= 15 is 0 Å². The molecule has 206 valence electrons. The molecule has 0 radical (unpaired) electrons. The van der Waals surface area contributed by atoms with Gasteiger partial charge in [-0.2, -0.15) is 0 Å². The maximum Gasteiger partial charge on any atom is 0.412 e. The number of benzene rings is 1. The Kier molecular flexibility index (Phi) is 13.3. The van der Waals surface area contributed by atoms with E-state index in [1.165, 1.54) is 5.57 Å². The lowest BCUT2D eigenvalue weighted by Crippen LogP contribution is -2.30. The molecular formula is C31H48N2O4. The van der Waals surface area contributed by atoms with E-state index in [1.54, 1.807) is 0 Å². The van der Waals surface area contributed by atoms with Crippen LogP contribution in [0.25, 0.3) is 0 Å². The molecule has 0 saturated heterocycles. The van der Waals surface area contributed by atoms with Gasteiger partial charge in [0.2, 0.25) is 0 Å². The Hall–Kier alpha value is -2.76. The van der Waals surface area contributed by atoms with Gasteiger partial charge in [0.1, 0.15) is 11.5 Å². The van der Waals surface area contributed by atoms with E-state index in [4.69, 9.17) is 9.47 Å². The second-order valence-corrected chi connectivity index (χ2v) is 10.3. The van der Waals surface area contributed by atoms with Gasteiger partial charge in [-0.1, -0.05) is 70.3 Å². The molecule has 1 aromatic rings. The molecule has 6 heteroatoms. The van der Waals surface area contributed by atoms with Crippen LogP contribution in [0.4, 0.5) is 9.59 Å². The highest BCUT2D eigenvalue weighted by Gasteiger charge is 2.32. The number of ether oxygens (including phenoxy) is 2. The van der Waals surface area contributed by atoms with Gasteiger partial charge in [-0.15, -0.1) is 0 Å². The van der Waals surface area contributed by atoms with E-state index < -0.39 is 12.2 Å². The smallest absolute Gasteiger partial charge is 0.410 e. The first-order chi connectivity index (χ1) is 17.8. The number of hydrogen-bond acceptors (Lipinski definition) is 4. The van der Waals surface area contributed by atoms with Crippen LogP contribution in [0, 0.1) is 5.92 Å². The number of allylic oxidation sites excluding steroid dienone is 3. The molecule has 37 heavy (non-hydrogen) atoms. The molecule has 0 saturated carbocycles. The van der Waals surface area contributed by atoms with Gasteiger partial charge >= 0.3 is 12.2 Å². The number of unbranched alkanes of at least 4 members (excludes halogenated alkanes) is 4. The fraction of sp³-hybridized carbons (Fsp3) is 0.613. The maximum atomic E-state index is 12.8. The molecule has 2 rings (SSSR count). The summed E-state index contributed by atoms with van der Waals surface area (Å²) in [5.74, 6) is 0.974. The monoisotopic (exact) mass is 512 g/mol. The Morgan fingerprint density at radius 2 is 1.46 bits per heavy atom. The van der Waals surface area contributed by atoms with Crippen LogP contribution in [0.3, 0.4) is 0 Å². The summed E-state index contributed by atoms with van der Waals surface area (Å²) >= 11 is 0. The third kappa shape index (κ3) is 9.90. The molecule has 1 aliphatic rings. The first kappa shape index (κ1) is 30.5. The molecule has 2 amide bonds. The molecule has 0 heterocycles. The largest absolute Gasteiger partial charge is 0.412 e. The normalized spacial score (nSPS) is 17.1. The first-order valence-electron chi connectivity index (χ1n) is 14.2. The van der Waals surface area contributed by atoms with Gasteiger partial charge in [-0.3, -0.25) is 0 Å². The van der Waals surface area contributed by atoms with Gasteiger partial charge in [0.15, 0.2) is 0 Å². The zero-order valence-electron chi connectivity index (χ0n) is 23.7. The molecule has 0 unspecified atom stereocenters. The van der Waals surface area contributed by atoms with Crippen molar-refractivity contribution in [3.05, 3.63) is 47.1 Å². The number of hydrogen-bond donors (Lipinski definition) is 2. The quantitative estimate of drug-likeness (QED) is 0.194. The predicted octanol–water partition coefficient (Wildman–Crippen LogP) is 8.21. The van der Waals surface area contributed by atoms with Crippen molar-refractivity contribution >= 4 is 12.2 Å². The minimum absolute atomic E-state index is 0.104. The van der Waals surface area contributed by atoms with Crippen molar-refractivity contribution in [2.75, 3.05) is 13.1 Å². The maximum absolute atomic E-state index is 12.8. The summed E-state index contributed by atoms with van der Waals surface area (Å²) in [6.45, 7) is 15.9. The van der Waals surface area contributed by atoms with Crippen LogP contribution in [0.15, 0.2) is 35.9 Å². The van der Waals surface area contributed by atoms with E-state index in [0.29, 0.717) is 24.6 Å². The molecule has 2 N–H and O–H groups in total. The standard InChI is InChI=1S/C31H48N2O4/c1-7-10-13-14-24-20-27(36-30(34)32-17-11-8-2)29(26-19-23(6)15-16-25(26)22(4)5)28(21-24)37-31(35)33-18-12-9-3/h19-21,25-26H,4,7-18H2,1-3,5-6H3,(H,32,34)(H,33,35)/t25-,26+/m0/s1. The van der Waals surface area contributed by atoms with Crippen molar-refractivity contribution in [3.8, 4) is 11.5 Å². The second kappa shape index (κ2) is 16.2. The van der Waals surface area contributed by atoms with Gasteiger partial charge in [-0.25, -0.2) is 9.59 Å². The van der Waals surface area contributed by atoms with E-state index in [0.717, 1.165) is 80.9 Å². The molecule has 2 atom stereocenters. The number of rotatable bonds is 14. The van der Waals surface area contributed by atoms with Gasteiger partial charge in [-0.05, 0) is 76.0 Å².